The van der Waals surface area contributed by atoms with Gasteiger partial charge < -0.3 is 4.90 Å². The highest BCUT2D eigenvalue weighted by Crippen LogP contribution is 2.31. The minimum atomic E-state index is -0.0287. The van der Waals surface area contributed by atoms with Gasteiger partial charge in [0.1, 0.15) is 5.82 Å². The Bertz CT molecular complexity index is 673. The zero-order valence-corrected chi connectivity index (χ0v) is 13.8. The molecule has 1 saturated carbocycles. The average molecular weight is 328 g/mol. The number of amides is 2. The molecule has 24 heavy (non-hydrogen) atoms. The van der Waals surface area contributed by atoms with Crippen LogP contribution in [0.4, 0.5) is 10.6 Å². The van der Waals surface area contributed by atoms with Gasteiger partial charge in [-0.15, -0.1) is 0 Å². The van der Waals surface area contributed by atoms with Crippen molar-refractivity contribution in [3.8, 4) is 0 Å². The van der Waals surface area contributed by atoms with Crippen LogP contribution in [0.3, 0.4) is 0 Å². The molecule has 2 aromatic rings. The van der Waals surface area contributed by atoms with Crippen LogP contribution in [0, 0.1) is 0 Å². The van der Waals surface area contributed by atoms with Gasteiger partial charge in [0.15, 0.2) is 0 Å². The molecule has 7 nitrogen and oxygen atoms in total. The van der Waals surface area contributed by atoms with E-state index in [0.29, 0.717) is 12.0 Å². The minimum Gasteiger partial charge on any atom is -0.324 e. The summed E-state index contributed by atoms with van der Waals surface area (Å²) >= 11 is 0. The number of carbonyl (C=O) groups excluding carboxylic acids is 1. The number of urea groups is 1. The van der Waals surface area contributed by atoms with Crippen molar-refractivity contribution in [2.24, 2.45) is 0 Å². The molecule has 1 aliphatic heterocycles. The molecular formula is C17H24N6O. The number of aromatic nitrogens is 4. The normalized spacial score (nSPS) is 22.0. The summed E-state index contributed by atoms with van der Waals surface area (Å²) in [4.78, 5) is 14.6. The van der Waals surface area contributed by atoms with Crippen LogP contribution in [-0.4, -0.2) is 44.0 Å². The van der Waals surface area contributed by atoms with Crippen molar-refractivity contribution in [1.29, 1.82) is 0 Å². The zero-order chi connectivity index (χ0) is 16.4. The molecule has 2 aliphatic rings. The molecule has 2 N–H and O–H groups in total. The largest absolute Gasteiger partial charge is 0.324 e. The van der Waals surface area contributed by atoms with Gasteiger partial charge in [-0.25, -0.2) is 9.48 Å². The number of hydrogen-bond donors (Lipinski definition) is 2. The SMILES string of the molecule is O=C(Nc1ccnn1C1CCCC1)N1CCC[C@H](c2ccn[nH]2)C1. The predicted octanol–water partition coefficient (Wildman–Crippen LogP) is 3.13. The van der Waals surface area contributed by atoms with Crippen molar-refractivity contribution < 1.29 is 4.79 Å². The smallest absolute Gasteiger partial charge is 0.323 e. The van der Waals surface area contributed by atoms with Crippen LogP contribution >= 0.6 is 0 Å². The van der Waals surface area contributed by atoms with E-state index >= 15 is 0 Å². The first-order valence-electron chi connectivity index (χ1n) is 8.90. The zero-order valence-electron chi connectivity index (χ0n) is 13.8. The van der Waals surface area contributed by atoms with Crippen molar-refractivity contribution in [1.82, 2.24) is 24.9 Å². The second-order valence-electron chi connectivity index (χ2n) is 6.83. The van der Waals surface area contributed by atoms with E-state index < -0.39 is 0 Å². The number of piperidine rings is 1. The number of likely N-dealkylation sites (tertiary alicyclic amines) is 1. The van der Waals surface area contributed by atoms with Crippen LogP contribution in [0.2, 0.25) is 0 Å². The van der Waals surface area contributed by atoms with Crippen LogP contribution in [-0.2, 0) is 0 Å². The van der Waals surface area contributed by atoms with Gasteiger partial charge in [-0.1, -0.05) is 12.8 Å². The van der Waals surface area contributed by atoms with E-state index in [1.807, 2.05) is 21.7 Å². The van der Waals surface area contributed by atoms with Crippen LogP contribution < -0.4 is 5.32 Å². The monoisotopic (exact) mass is 328 g/mol. The Morgan fingerprint density at radius 2 is 2.04 bits per heavy atom. The van der Waals surface area contributed by atoms with E-state index in [2.05, 4.69) is 20.6 Å². The van der Waals surface area contributed by atoms with E-state index in [1.54, 1.807) is 12.4 Å². The third kappa shape index (κ3) is 3.02. The second-order valence-corrected chi connectivity index (χ2v) is 6.83. The molecule has 1 saturated heterocycles. The van der Waals surface area contributed by atoms with Crippen LogP contribution in [0.15, 0.2) is 24.5 Å². The first-order chi connectivity index (χ1) is 11.8. The lowest BCUT2D eigenvalue weighted by Gasteiger charge is -2.32. The molecule has 0 bridgehead atoms. The fourth-order valence-corrected chi connectivity index (χ4v) is 3.95. The van der Waals surface area contributed by atoms with Gasteiger partial charge >= 0.3 is 6.03 Å². The summed E-state index contributed by atoms with van der Waals surface area (Å²) in [5, 5.41) is 14.6. The fraction of sp³-hybridized carbons (Fsp3) is 0.588. The summed E-state index contributed by atoms with van der Waals surface area (Å²) in [5.74, 6) is 1.15. The van der Waals surface area contributed by atoms with Crippen LogP contribution in [0.25, 0.3) is 0 Å². The molecule has 0 spiro atoms. The van der Waals surface area contributed by atoms with Crippen molar-refractivity contribution >= 4 is 11.8 Å². The Balaban J connectivity index is 1.42. The first kappa shape index (κ1) is 15.2. The molecular weight excluding hydrogens is 304 g/mol. The maximum Gasteiger partial charge on any atom is 0.323 e. The third-order valence-electron chi connectivity index (χ3n) is 5.25. The van der Waals surface area contributed by atoms with E-state index in [9.17, 15) is 4.79 Å². The van der Waals surface area contributed by atoms with Crippen molar-refractivity contribution in [3.05, 3.63) is 30.2 Å². The van der Waals surface area contributed by atoms with E-state index in [-0.39, 0.29) is 6.03 Å². The Kier molecular flexibility index (Phi) is 4.23. The Morgan fingerprint density at radius 3 is 2.83 bits per heavy atom. The Labute approximate surface area is 141 Å². The molecule has 0 radical (unpaired) electrons. The first-order valence-corrected chi connectivity index (χ1v) is 8.90. The van der Waals surface area contributed by atoms with Gasteiger partial charge in [0.05, 0.1) is 12.2 Å². The summed E-state index contributed by atoms with van der Waals surface area (Å²) < 4.78 is 1.99. The molecule has 1 aliphatic carbocycles. The van der Waals surface area contributed by atoms with Crippen molar-refractivity contribution in [2.75, 3.05) is 18.4 Å². The quantitative estimate of drug-likeness (QED) is 0.908. The number of aromatic amines is 1. The van der Waals surface area contributed by atoms with Crippen molar-refractivity contribution in [3.63, 3.8) is 0 Å². The summed E-state index contributed by atoms with van der Waals surface area (Å²) in [7, 11) is 0. The summed E-state index contributed by atoms with van der Waals surface area (Å²) in [6.07, 6.45) is 10.4. The standard InChI is InChI=1S/C17H24N6O/c24-17(20-16-8-10-19-23(16)14-5-1-2-6-14)22-11-3-4-13(12-22)15-7-9-18-21-15/h7-10,13-14H,1-6,11-12H2,(H,18,21)(H,20,24)/t13-/m0/s1. The van der Waals surface area contributed by atoms with Gasteiger partial charge in [0.2, 0.25) is 0 Å². The van der Waals surface area contributed by atoms with E-state index in [0.717, 1.165) is 50.3 Å². The maximum atomic E-state index is 12.7. The number of rotatable bonds is 3. The number of anilines is 1. The van der Waals surface area contributed by atoms with Gasteiger partial charge in [-0.2, -0.15) is 10.2 Å². The Hall–Kier alpha value is -2.31. The summed E-state index contributed by atoms with van der Waals surface area (Å²) in [6, 6.07) is 4.29. The molecule has 4 rings (SSSR count). The number of hydrogen-bond acceptors (Lipinski definition) is 3. The molecule has 2 fully saturated rings. The number of carbonyl (C=O) groups is 1. The topological polar surface area (TPSA) is 78.8 Å². The fourth-order valence-electron chi connectivity index (χ4n) is 3.95. The van der Waals surface area contributed by atoms with E-state index in [1.165, 1.54) is 12.8 Å². The molecule has 2 aromatic heterocycles. The lowest BCUT2D eigenvalue weighted by Crippen LogP contribution is -2.42. The van der Waals surface area contributed by atoms with Gasteiger partial charge in [-0.05, 0) is 31.7 Å². The lowest BCUT2D eigenvalue weighted by atomic mass is 9.95. The highest BCUT2D eigenvalue weighted by Gasteiger charge is 2.27. The maximum absolute atomic E-state index is 12.7. The van der Waals surface area contributed by atoms with Gasteiger partial charge in [-0.3, -0.25) is 10.4 Å². The molecule has 3 heterocycles. The van der Waals surface area contributed by atoms with E-state index in [4.69, 9.17) is 0 Å². The molecule has 7 heteroatoms. The van der Waals surface area contributed by atoms with Crippen LogP contribution in [0.1, 0.15) is 56.2 Å². The average Bonchev–Trinajstić information content (AvgIpc) is 3.36. The van der Waals surface area contributed by atoms with Crippen LogP contribution in [0.5, 0.6) is 0 Å². The molecule has 1 atom stereocenters. The second kappa shape index (κ2) is 6.67. The molecule has 0 unspecified atom stereocenters. The Morgan fingerprint density at radius 1 is 1.17 bits per heavy atom. The molecule has 0 aromatic carbocycles. The molecule has 128 valence electrons. The highest BCUT2D eigenvalue weighted by molar-refractivity contribution is 5.88. The number of nitrogens with zero attached hydrogens (tertiary/aromatic N) is 4. The van der Waals surface area contributed by atoms with Gasteiger partial charge in [0, 0.05) is 37.0 Å². The summed E-state index contributed by atoms with van der Waals surface area (Å²) in [6.45, 7) is 1.53. The highest BCUT2D eigenvalue weighted by atomic mass is 16.2. The summed E-state index contributed by atoms with van der Waals surface area (Å²) in [5.41, 5.74) is 1.11. The van der Waals surface area contributed by atoms with Crippen molar-refractivity contribution in [2.45, 2.75) is 50.5 Å². The van der Waals surface area contributed by atoms with Gasteiger partial charge in [0.25, 0.3) is 0 Å². The predicted molar refractivity (Wildman–Crippen MR) is 90.9 cm³/mol. The lowest BCUT2D eigenvalue weighted by molar-refractivity contribution is 0.192. The molecule has 2 amide bonds. The third-order valence-corrected chi connectivity index (χ3v) is 5.25. The number of H-pyrrole nitrogens is 1. The number of nitrogens with one attached hydrogen (secondary N) is 2. The minimum absolute atomic E-state index is 0.0287.